The molecule has 10 heteroatoms. The second-order valence-corrected chi connectivity index (χ2v) is 5.66. The van der Waals surface area contributed by atoms with Crippen molar-refractivity contribution in [1.29, 1.82) is 0 Å². The molecular weight excluding hydrogens is 552 g/mol. The Balaban J connectivity index is 0.00000240. The standard InChI is InChI=1S/C19H12F2N5O2.W/c20-17(21)16-14(10-26(25-16)13-4-2-1-3-5-13)23-18(27)15-11-28-19(24-15)12-6-8-22-9-7-12;/h2-11,17H,(H,23,27);/q-1;. The number of anilines is 1. The van der Waals surface area contributed by atoms with Gasteiger partial charge in [-0.3, -0.25) is 14.5 Å². The van der Waals surface area contributed by atoms with E-state index in [9.17, 15) is 13.6 Å². The normalized spacial score (nSPS) is 10.6. The van der Waals surface area contributed by atoms with Gasteiger partial charge in [-0.2, -0.15) is 23.3 Å². The van der Waals surface area contributed by atoms with Gasteiger partial charge < -0.3 is 9.73 Å². The van der Waals surface area contributed by atoms with Crippen LogP contribution >= 0.6 is 0 Å². The number of amides is 1. The minimum absolute atomic E-state index is 0. The van der Waals surface area contributed by atoms with E-state index in [1.807, 2.05) is 0 Å². The molecule has 0 atom stereocenters. The molecule has 0 saturated carbocycles. The van der Waals surface area contributed by atoms with E-state index >= 15 is 0 Å². The van der Waals surface area contributed by atoms with E-state index in [0.29, 0.717) is 11.3 Å². The third kappa shape index (κ3) is 4.46. The molecule has 1 N–H and O–H groups in total. The van der Waals surface area contributed by atoms with Crippen LogP contribution in [0.5, 0.6) is 0 Å². The van der Waals surface area contributed by atoms with Crippen LogP contribution in [0.2, 0.25) is 0 Å². The van der Waals surface area contributed by atoms with Crippen LogP contribution in [0.4, 0.5) is 14.5 Å². The van der Waals surface area contributed by atoms with Crippen molar-refractivity contribution in [3.8, 4) is 17.1 Å². The van der Waals surface area contributed by atoms with E-state index in [-0.39, 0.29) is 38.3 Å². The molecule has 4 rings (SSSR count). The minimum atomic E-state index is -2.86. The van der Waals surface area contributed by atoms with Crippen molar-refractivity contribution in [3.05, 3.63) is 78.7 Å². The fourth-order valence-electron chi connectivity index (χ4n) is 2.50. The second kappa shape index (κ2) is 8.87. The van der Waals surface area contributed by atoms with Crippen LogP contribution in [0.15, 0.2) is 65.7 Å². The van der Waals surface area contributed by atoms with E-state index in [2.05, 4.69) is 26.4 Å². The summed E-state index contributed by atoms with van der Waals surface area (Å²) in [6.07, 6.45) is 2.73. The Labute approximate surface area is 178 Å². The first-order chi connectivity index (χ1) is 13.6. The number of hydrogen-bond donors (Lipinski definition) is 1. The Hall–Kier alpha value is -3.19. The molecule has 3 aromatic heterocycles. The Morgan fingerprint density at radius 3 is 2.59 bits per heavy atom. The first kappa shape index (κ1) is 20.5. The zero-order chi connectivity index (χ0) is 19.5. The summed E-state index contributed by atoms with van der Waals surface area (Å²) < 4.78 is 33.3. The molecule has 1 aromatic carbocycles. The number of oxazole rings is 1. The summed E-state index contributed by atoms with van der Waals surface area (Å²) in [5.74, 6) is -0.468. The van der Waals surface area contributed by atoms with E-state index in [4.69, 9.17) is 4.42 Å². The van der Waals surface area contributed by atoms with E-state index in [1.165, 1.54) is 10.9 Å². The maximum absolute atomic E-state index is 13.4. The van der Waals surface area contributed by atoms with Crippen molar-refractivity contribution in [2.24, 2.45) is 0 Å². The first-order valence-electron chi connectivity index (χ1n) is 8.13. The predicted octanol–water partition coefficient (Wildman–Crippen LogP) is 3.91. The molecular formula is C19H12F2N5O2W-. The molecule has 0 radical (unpaired) electrons. The van der Waals surface area contributed by atoms with Crippen molar-refractivity contribution < 1.29 is 39.1 Å². The molecule has 4 aromatic rings. The summed E-state index contributed by atoms with van der Waals surface area (Å²) in [7, 11) is 0. The van der Waals surface area contributed by atoms with Crippen molar-refractivity contribution in [2.75, 3.05) is 5.32 Å². The maximum Gasteiger partial charge on any atom is 0.284 e. The van der Waals surface area contributed by atoms with Crippen LogP contribution in [0.3, 0.4) is 0 Å². The number of hydrogen-bond acceptors (Lipinski definition) is 5. The zero-order valence-corrected chi connectivity index (χ0v) is 17.6. The summed E-state index contributed by atoms with van der Waals surface area (Å²) in [6.45, 7) is 0. The summed E-state index contributed by atoms with van der Waals surface area (Å²) in [5.41, 5.74) is 0.494. The van der Waals surface area contributed by atoms with Crippen molar-refractivity contribution in [3.63, 3.8) is 0 Å². The van der Waals surface area contributed by atoms with Gasteiger partial charge in [-0.25, -0.2) is 13.8 Å². The van der Waals surface area contributed by atoms with Gasteiger partial charge in [-0.15, -0.1) is 12.1 Å². The first-order valence-corrected chi connectivity index (χ1v) is 8.13. The van der Waals surface area contributed by atoms with Gasteiger partial charge in [0.1, 0.15) is 6.26 Å². The molecule has 3 heterocycles. The molecule has 7 nitrogen and oxygen atoms in total. The maximum atomic E-state index is 13.4. The van der Waals surface area contributed by atoms with Crippen LogP contribution in [-0.2, 0) is 21.1 Å². The van der Waals surface area contributed by atoms with Gasteiger partial charge in [0.15, 0.2) is 11.4 Å². The Morgan fingerprint density at radius 1 is 1.17 bits per heavy atom. The van der Waals surface area contributed by atoms with Gasteiger partial charge in [0.05, 0.1) is 11.9 Å². The smallest absolute Gasteiger partial charge is 0.284 e. The molecule has 146 valence electrons. The summed E-state index contributed by atoms with van der Waals surface area (Å²) >= 11 is 0. The van der Waals surface area contributed by atoms with Crippen LogP contribution in [0.1, 0.15) is 22.6 Å². The fourth-order valence-corrected chi connectivity index (χ4v) is 2.50. The number of pyridine rings is 1. The zero-order valence-electron chi connectivity index (χ0n) is 14.6. The van der Waals surface area contributed by atoms with Gasteiger partial charge in [-0.1, -0.05) is 0 Å². The number of aromatic nitrogens is 4. The van der Waals surface area contributed by atoms with Crippen molar-refractivity contribution in [1.82, 2.24) is 19.7 Å². The summed E-state index contributed by atoms with van der Waals surface area (Å²) in [4.78, 5) is 20.4. The molecule has 1 amide bonds. The third-order valence-corrected chi connectivity index (χ3v) is 3.83. The number of carbonyl (C=O) groups excluding carboxylic acids is 1. The van der Waals surface area contributed by atoms with Crippen LogP contribution in [-0.4, -0.2) is 25.7 Å². The predicted molar refractivity (Wildman–Crippen MR) is 95.0 cm³/mol. The summed E-state index contributed by atoms with van der Waals surface area (Å²) in [5, 5.41) is 6.28. The molecule has 0 bridgehead atoms. The molecule has 0 aliphatic rings. The topological polar surface area (TPSA) is 85.8 Å². The molecule has 0 saturated heterocycles. The van der Waals surface area contributed by atoms with Gasteiger partial charge in [0.25, 0.3) is 12.3 Å². The Kier molecular flexibility index (Phi) is 6.29. The molecule has 0 fully saturated rings. The second-order valence-electron chi connectivity index (χ2n) is 5.66. The van der Waals surface area contributed by atoms with Crippen molar-refractivity contribution in [2.45, 2.75) is 6.43 Å². The van der Waals surface area contributed by atoms with Crippen molar-refractivity contribution >= 4 is 11.6 Å². The molecule has 0 aliphatic heterocycles. The number of nitrogens with one attached hydrogen (secondary N) is 1. The Bertz CT molecular complexity index is 1100. The Morgan fingerprint density at radius 2 is 1.90 bits per heavy atom. The van der Waals surface area contributed by atoms with Gasteiger partial charge in [-0.05, 0) is 17.8 Å². The average molecular weight is 564 g/mol. The molecule has 0 aliphatic carbocycles. The van der Waals surface area contributed by atoms with Crippen LogP contribution in [0, 0.1) is 6.07 Å². The third-order valence-electron chi connectivity index (χ3n) is 3.83. The van der Waals surface area contributed by atoms with Gasteiger partial charge >= 0.3 is 0 Å². The largest absolute Gasteiger partial charge is 0.444 e. The van der Waals surface area contributed by atoms with Crippen LogP contribution < -0.4 is 5.32 Å². The van der Waals surface area contributed by atoms with E-state index in [1.54, 1.807) is 48.8 Å². The number of alkyl halides is 2. The van der Waals surface area contributed by atoms with Gasteiger partial charge in [0.2, 0.25) is 5.89 Å². The molecule has 0 spiro atoms. The number of nitrogens with zero attached hydrogens (tertiary/aromatic N) is 4. The number of benzene rings is 1. The van der Waals surface area contributed by atoms with Crippen LogP contribution in [0.25, 0.3) is 17.1 Å². The number of halogens is 2. The molecule has 29 heavy (non-hydrogen) atoms. The monoisotopic (exact) mass is 564 g/mol. The van der Waals surface area contributed by atoms with Gasteiger partial charge in [0, 0.05) is 39.0 Å². The number of rotatable bonds is 5. The minimum Gasteiger partial charge on any atom is -0.444 e. The van der Waals surface area contributed by atoms with E-state index < -0.39 is 18.0 Å². The molecule has 0 unspecified atom stereocenters. The quantitative estimate of drug-likeness (QED) is 0.372. The SMILES string of the molecule is O=C(Nc1cn(-c2cc[c-]cc2)nc1C(F)F)c1coc(-c2ccncc2)n1.[W]. The van der Waals surface area contributed by atoms with E-state index in [0.717, 1.165) is 6.26 Å². The number of carbonyl (C=O) groups is 1. The summed E-state index contributed by atoms with van der Waals surface area (Å²) in [6, 6.07) is 12.8. The average Bonchev–Trinajstić information content (AvgIpc) is 3.37. The fraction of sp³-hybridized carbons (Fsp3) is 0.0526.